The monoisotopic (exact) mass is 596 g/mol. The summed E-state index contributed by atoms with van der Waals surface area (Å²) in [6.07, 6.45) is 0. The molecule has 0 bridgehead atoms. The average Bonchev–Trinajstić information content (AvgIpc) is 3.43. The van der Waals surface area contributed by atoms with Crippen LogP contribution in [0.2, 0.25) is 0 Å². The van der Waals surface area contributed by atoms with Crippen LogP contribution in [-0.2, 0) is 0 Å². The van der Waals surface area contributed by atoms with Crippen LogP contribution >= 0.6 is 0 Å². The molecule has 8 aromatic rings. The van der Waals surface area contributed by atoms with Crippen molar-refractivity contribution in [1.82, 2.24) is 4.57 Å². The van der Waals surface area contributed by atoms with Crippen molar-refractivity contribution in [3.8, 4) is 17.2 Å². The molecule has 1 aromatic heterocycles. The van der Waals surface area contributed by atoms with Gasteiger partial charge in [-0.25, -0.2) is 8.78 Å². The van der Waals surface area contributed by atoms with Crippen molar-refractivity contribution in [2.75, 3.05) is 4.90 Å². The number of benzene rings is 7. The summed E-state index contributed by atoms with van der Waals surface area (Å²) in [5.74, 6) is 0.267. The number of rotatable bonds is 2. The maximum atomic E-state index is 15.8. The van der Waals surface area contributed by atoms with Crippen molar-refractivity contribution < 1.29 is 13.5 Å². The van der Waals surface area contributed by atoms with Crippen LogP contribution in [0.4, 0.5) is 25.8 Å². The fraction of sp³-hybridized carbons (Fsp3) is 0. The number of nitrogens with zero attached hydrogens (tertiary/aromatic N) is 2. The van der Waals surface area contributed by atoms with Crippen molar-refractivity contribution in [1.29, 1.82) is 0 Å². The van der Waals surface area contributed by atoms with Gasteiger partial charge in [-0.2, -0.15) is 0 Å². The minimum absolute atomic E-state index is 0.164. The zero-order valence-corrected chi connectivity index (χ0v) is 24.4. The molecule has 3 heterocycles. The third kappa shape index (κ3) is 3.41. The molecule has 0 radical (unpaired) electrons. The van der Waals surface area contributed by atoms with E-state index in [2.05, 4.69) is 89.5 Å². The molecule has 46 heavy (non-hydrogen) atoms. The zero-order chi connectivity index (χ0) is 30.5. The summed E-state index contributed by atoms with van der Waals surface area (Å²) in [5.41, 5.74) is 8.00. The Balaban J connectivity index is 1.34. The molecular formula is C40H23BF2N2O. The van der Waals surface area contributed by atoms with Gasteiger partial charge in [0.1, 0.15) is 23.1 Å². The highest BCUT2D eigenvalue weighted by atomic mass is 19.1. The maximum absolute atomic E-state index is 15.8. The molecule has 10 rings (SSSR count). The highest BCUT2D eigenvalue weighted by molar-refractivity contribution is 7.00. The molecule has 0 amide bonds. The third-order valence-electron chi connectivity index (χ3n) is 9.55. The average molecular weight is 596 g/mol. The number of aromatic nitrogens is 1. The molecule has 216 valence electrons. The van der Waals surface area contributed by atoms with E-state index in [9.17, 15) is 4.39 Å². The summed E-state index contributed by atoms with van der Waals surface area (Å²) in [6.45, 7) is -0.164. The number of para-hydroxylation sites is 3. The quantitative estimate of drug-likeness (QED) is 0.186. The lowest BCUT2D eigenvalue weighted by molar-refractivity contribution is 0.488. The van der Waals surface area contributed by atoms with E-state index in [-0.39, 0.29) is 12.4 Å². The van der Waals surface area contributed by atoms with Gasteiger partial charge in [-0.15, -0.1) is 0 Å². The molecule has 7 aromatic carbocycles. The van der Waals surface area contributed by atoms with Gasteiger partial charge in [0.15, 0.2) is 0 Å². The highest BCUT2D eigenvalue weighted by Gasteiger charge is 2.43. The predicted octanol–water partition coefficient (Wildman–Crippen LogP) is 8.62. The Morgan fingerprint density at radius 3 is 2.00 bits per heavy atom. The lowest BCUT2D eigenvalue weighted by Crippen LogP contribution is -2.59. The molecule has 0 saturated heterocycles. The predicted molar refractivity (Wildman–Crippen MR) is 184 cm³/mol. The van der Waals surface area contributed by atoms with E-state index in [0.717, 1.165) is 77.8 Å². The Labute approximate surface area is 263 Å². The summed E-state index contributed by atoms with van der Waals surface area (Å²) in [7, 11) is 0. The first kappa shape index (κ1) is 25.5. The number of hydrogen-bond donors (Lipinski definition) is 0. The molecule has 0 N–H and O–H groups in total. The molecule has 2 aliphatic heterocycles. The SMILES string of the molecule is Fc1ccc(N2c3ccccc3B3c4c(cc(-n5c6ccccc6c6ccccc65)cc42)Oc2ccc4ccccc4c23)c(F)c1. The first-order chi connectivity index (χ1) is 22.7. The lowest BCUT2D eigenvalue weighted by Gasteiger charge is -2.40. The van der Waals surface area contributed by atoms with Crippen LogP contribution in [0.5, 0.6) is 11.5 Å². The van der Waals surface area contributed by atoms with Gasteiger partial charge >= 0.3 is 0 Å². The fourth-order valence-corrected chi connectivity index (χ4v) is 7.71. The van der Waals surface area contributed by atoms with Crippen LogP contribution in [0, 0.1) is 11.6 Å². The van der Waals surface area contributed by atoms with Gasteiger partial charge in [-0.05, 0) is 69.6 Å². The topological polar surface area (TPSA) is 17.4 Å². The van der Waals surface area contributed by atoms with Crippen LogP contribution in [0.25, 0.3) is 38.3 Å². The standard InChI is InChI=1S/C40H23BF2N2O/c42-25-18-19-35(31(43)21-25)45-34-16-8-5-13-30(34)41-39-27-10-2-1-9-24(27)17-20-37(39)46-38-23-26(22-36(45)40(38)41)44-32-14-6-3-11-28(32)29-12-4-7-15-33(29)44/h1-23H. The van der Waals surface area contributed by atoms with Gasteiger partial charge < -0.3 is 14.2 Å². The zero-order valence-electron chi connectivity index (χ0n) is 24.4. The molecule has 6 heteroatoms. The summed E-state index contributed by atoms with van der Waals surface area (Å²) in [4.78, 5) is 1.93. The molecule has 3 nitrogen and oxygen atoms in total. The molecule has 0 unspecified atom stereocenters. The molecule has 0 saturated carbocycles. The number of ether oxygens (including phenoxy) is 1. The summed E-state index contributed by atoms with van der Waals surface area (Å²) in [5, 5.41) is 4.53. The number of fused-ring (bicyclic) bond motifs is 9. The Hall–Kier alpha value is -5.88. The van der Waals surface area contributed by atoms with Gasteiger partial charge in [0.2, 0.25) is 0 Å². The first-order valence-corrected chi connectivity index (χ1v) is 15.4. The van der Waals surface area contributed by atoms with Crippen LogP contribution in [-0.4, -0.2) is 11.3 Å². The normalized spacial score (nSPS) is 13.1. The van der Waals surface area contributed by atoms with Crippen molar-refractivity contribution >= 4 is 72.7 Å². The summed E-state index contributed by atoms with van der Waals surface area (Å²) >= 11 is 0. The summed E-state index contributed by atoms with van der Waals surface area (Å²) < 4.78 is 39.2. The van der Waals surface area contributed by atoms with E-state index in [1.165, 1.54) is 12.1 Å². The summed E-state index contributed by atoms with van der Waals surface area (Å²) in [6, 6.07) is 45.4. The van der Waals surface area contributed by atoms with Gasteiger partial charge in [0.25, 0.3) is 6.71 Å². The van der Waals surface area contributed by atoms with Crippen LogP contribution in [0.15, 0.2) is 140 Å². The first-order valence-electron chi connectivity index (χ1n) is 15.4. The molecule has 0 fully saturated rings. The number of hydrogen-bond acceptors (Lipinski definition) is 2. The molecule has 0 atom stereocenters. The Kier molecular flexibility index (Phi) is 5.16. The number of anilines is 3. The molecule has 0 spiro atoms. The van der Waals surface area contributed by atoms with Crippen molar-refractivity contribution in [3.63, 3.8) is 0 Å². The van der Waals surface area contributed by atoms with Crippen molar-refractivity contribution in [2.24, 2.45) is 0 Å². The van der Waals surface area contributed by atoms with Crippen molar-refractivity contribution in [2.45, 2.75) is 0 Å². The van der Waals surface area contributed by atoms with Gasteiger partial charge in [-0.1, -0.05) is 84.9 Å². The van der Waals surface area contributed by atoms with Gasteiger partial charge in [0.05, 0.1) is 22.4 Å². The third-order valence-corrected chi connectivity index (χ3v) is 9.55. The van der Waals surface area contributed by atoms with E-state index >= 15 is 4.39 Å². The lowest BCUT2D eigenvalue weighted by atomic mass is 9.33. The van der Waals surface area contributed by atoms with E-state index in [1.807, 2.05) is 41.3 Å². The van der Waals surface area contributed by atoms with E-state index < -0.39 is 11.6 Å². The highest BCUT2D eigenvalue weighted by Crippen LogP contribution is 2.44. The second-order valence-electron chi connectivity index (χ2n) is 12.0. The van der Waals surface area contributed by atoms with E-state index in [0.29, 0.717) is 5.75 Å². The van der Waals surface area contributed by atoms with Gasteiger partial charge in [0, 0.05) is 34.3 Å². The molecule has 0 aliphatic carbocycles. The van der Waals surface area contributed by atoms with Crippen LogP contribution < -0.4 is 26.0 Å². The van der Waals surface area contributed by atoms with E-state index in [4.69, 9.17) is 4.74 Å². The second kappa shape index (κ2) is 9.32. The van der Waals surface area contributed by atoms with Gasteiger partial charge in [-0.3, -0.25) is 0 Å². The Morgan fingerprint density at radius 2 is 1.22 bits per heavy atom. The van der Waals surface area contributed by atoms with Crippen LogP contribution in [0.3, 0.4) is 0 Å². The minimum atomic E-state index is -0.633. The van der Waals surface area contributed by atoms with Crippen LogP contribution in [0.1, 0.15) is 0 Å². The van der Waals surface area contributed by atoms with Crippen molar-refractivity contribution in [3.05, 3.63) is 151 Å². The molecular weight excluding hydrogens is 573 g/mol. The fourth-order valence-electron chi connectivity index (χ4n) is 7.71. The smallest absolute Gasteiger partial charge is 0.257 e. The number of halogens is 2. The minimum Gasteiger partial charge on any atom is -0.458 e. The Morgan fingerprint density at radius 1 is 0.522 bits per heavy atom. The van der Waals surface area contributed by atoms with E-state index in [1.54, 1.807) is 0 Å². The second-order valence-corrected chi connectivity index (χ2v) is 12.0. The largest absolute Gasteiger partial charge is 0.458 e. The maximum Gasteiger partial charge on any atom is 0.257 e. The molecule has 2 aliphatic rings. The Bertz CT molecular complexity index is 2520.